The van der Waals surface area contributed by atoms with Gasteiger partial charge in [-0.15, -0.1) is 11.3 Å². The average Bonchev–Trinajstić information content (AvgIpc) is 2.41. The summed E-state index contributed by atoms with van der Waals surface area (Å²) in [5, 5.41) is 0. The van der Waals surface area contributed by atoms with Gasteiger partial charge in [0.15, 0.2) is 9.84 Å². The Kier molecular flexibility index (Phi) is 3.85. The highest BCUT2D eigenvalue weighted by Crippen LogP contribution is 2.39. The van der Waals surface area contributed by atoms with E-state index in [2.05, 4.69) is 0 Å². The minimum atomic E-state index is -3.35. The third-order valence-corrected chi connectivity index (χ3v) is 6.23. The molecule has 0 radical (unpaired) electrons. The molecular weight excluding hydrogens is 363 g/mol. The van der Waals surface area contributed by atoms with Gasteiger partial charge in [0.1, 0.15) is 9.09 Å². The zero-order valence-corrected chi connectivity index (χ0v) is 12.7. The van der Waals surface area contributed by atoms with Crippen LogP contribution < -0.4 is 10.6 Å². The number of hydrogen-bond acceptors (Lipinski definition) is 5. The van der Waals surface area contributed by atoms with E-state index in [-0.39, 0.29) is 9.09 Å². The van der Waals surface area contributed by atoms with Crippen LogP contribution in [-0.4, -0.2) is 34.7 Å². The quantitative estimate of drug-likeness (QED) is 0.798. The Morgan fingerprint density at radius 2 is 1.94 bits per heavy atom. The number of rotatable bonds is 3. The Bertz CT molecular complexity index is 534. The molecule has 1 heterocycles. The lowest BCUT2D eigenvalue weighted by Gasteiger charge is -2.13. The van der Waals surface area contributed by atoms with Crippen molar-refractivity contribution < 1.29 is 13.2 Å². The first-order valence-corrected chi connectivity index (χ1v) is 7.94. The first kappa shape index (κ1) is 13.7. The maximum atomic E-state index is 11.6. The zero-order chi connectivity index (χ0) is 12.7. The molecule has 1 rings (SSSR count). The third-order valence-electron chi connectivity index (χ3n) is 1.80. The van der Waals surface area contributed by atoms with Crippen molar-refractivity contribution in [1.82, 2.24) is 0 Å². The predicted molar refractivity (Wildman–Crippen MR) is 73.0 cm³/mol. The second-order valence-electron chi connectivity index (χ2n) is 3.41. The highest BCUT2D eigenvalue weighted by Gasteiger charge is 2.26. The fraction of sp³-hybridized carbons (Fsp3) is 0.375. The fourth-order valence-corrected chi connectivity index (χ4v) is 5.23. The zero-order valence-electron chi connectivity index (χ0n) is 8.94. The number of amides is 1. The number of carbonyl (C=O) groups is 1. The summed E-state index contributed by atoms with van der Waals surface area (Å²) in [5.74, 6) is -0.604. The molecule has 0 aliphatic heterocycles. The highest BCUT2D eigenvalue weighted by atomic mass is 127. The third kappa shape index (κ3) is 2.48. The summed E-state index contributed by atoms with van der Waals surface area (Å²) in [6.45, 7) is 0. The normalized spacial score (nSPS) is 11.5. The topological polar surface area (TPSA) is 80.5 Å². The van der Waals surface area contributed by atoms with Gasteiger partial charge in [-0.05, 0) is 22.6 Å². The molecule has 1 aromatic heterocycles. The molecule has 16 heavy (non-hydrogen) atoms. The van der Waals surface area contributed by atoms with Gasteiger partial charge in [-0.2, -0.15) is 0 Å². The molecule has 0 unspecified atom stereocenters. The molecule has 1 amide bonds. The highest BCUT2D eigenvalue weighted by molar-refractivity contribution is 14.1. The number of anilines is 1. The molecule has 0 aliphatic carbocycles. The number of hydrogen-bond donors (Lipinski definition) is 1. The molecule has 0 atom stereocenters. The van der Waals surface area contributed by atoms with Crippen molar-refractivity contribution in [1.29, 1.82) is 0 Å². The lowest BCUT2D eigenvalue weighted by Crippen LogP contribution is -2.14. The average molecular weight is 374 g/mol. The van der Waals surface area contributed by atoms with Gasteiger partial charge in [0.2, 0.25) is 0 Å². The van der Waals surface area contributed by atoms with Crippen LogP contribution in [0, 0.1) is 3.57 Å². The predicted octanol–water partition coefficient (Wildman–Crippen LogP) is 0.921. The smallest absolute Gasteiger partial charge is 0.259 e. The minimum absolute atomic E-state index is 0.177. The van der Waals surface area contributed by atoms with Crippen molar-refractivity contribution in [2.45, 2.75) is 4.21 Å². The minimum Gasteiger partial charge on any atom is -0.375 e. The van der Waals surface area contributed by atoms with Gasteiger partial charge in [-0.25, -0.2) is 8.42 Å². The number of halogens is 1. The summed E-state index contributed by atoms with van der Waals surface area (Å²) in [6, 6.07) is 0. The maximum Gasteiger partial charge on any atom is 0.259 e. The van der Waals surface area contributed by atoms with Crippen LogP contribution in [0.25, 0.3) is 0 Å². The summed E-state index contributed by atoms with van der Waals surface area (Å²) >= 11 is 2.85. The number of nitrogens with two attached hydrogens (primary N) is 1. The summed E-state index contributed by atoms with van der Waals surface area (Å²) in [5.41, 5.74) is 5.72. The molecule has 0 spiro atoms. The van der Waals surface area contributed by atoms with E-state index in [1.807, 2.05) is 22.6 Å². The Hall–Kier alpha value is -0.350. The standard InChI is InChI=1S/C8H11IN2O3S2/c1-11(2)5-4(9)6(7(10)12)15-8(5)16(3,13)14/h1-3H3,(H2,10,12). The lowest BCUT2D eigenvalue weighted by atomic mass is 10.4. The molecule has 5 nitrogen and oxygen atoms in total. The number of nitrogens with zero attached hydrogens (tertiary/aromatic N) is 1. The van der Waals surface area contributed by atoms with Gasteiger partial charge in [-0.1, -0.05) is 0 Å². The van der Waals surface area contributed by atoms with Gasteiger partial charge in [0.25, 0.3) is 5.91 Å². The monoisotopic (exact) mass is 374 g/mol. The molecular formula is C8H11IN2O3S2. The van der Waals surface area contributed by atoms with E-state index in [0.717, 1.165) is 17.6 Å². The fourth-order valence-electron chi connectivity index (χ4n) is 1.17. The van der Waals surface area contributed by atoms with Crippen LogP contribution in [0.2, 0.25) is 0 Å². The van der Waals surface area contributed by atoms with E-state index >= 15 is 0 Å². The van der Waals surface area contributed by atoms with Crippen LogP contribution in [0.15, 0.2) is 4.21 Å². The summed E-state index contributed by atoms with van der Waals surface area (Å²) < 4.78 is 23.9. The van der Waals surface area contributed by atoms with E-state index in [1.54, 1.807) is 19.0 Å². The summed E-state index contributed by atoms with van der Waals surface area (Å²) in [4.78, 5) is 13.1. The molecule has 0 saturated heterocycles. The largest absolute Gasteiger partial charge is 0.375 e. The Morgan fingerprint density at radius 1 is 1.44 bits per heavy atom. The molecule has 0 saturated carbocycles. The van der Waals surface area contributed by atoms with Crippen molar-refractivity contribution in [2.24, 2.45) is 5.73 Å². The van der Waals surface area contributed by atoms with Crippen molar-refractivity contribution >= 4 is 55.4 Å². The molecule has 0 aliphatic rings. The van der Waals surface area contributed by atoms with Gasteiger partial charge >= 0.3 is 0 Å². The first-order chi connectivity index (χ1) is 7.16. The summed E-state index contributed by atoms with van der Waals surface area (Å²) in [6.07, 6.45) is 1.12. The van der Waals surface area contributed by atoms with Crippen LogP contribution in [0.1, 0.15) is 9.67 Å². The molecule has 0 fully saturated rings. The number of carbonyl (C=O) groups excluding carboxylic acids is 1. The van der Waals surface area contributed by atoms with E-state index in [4.69, 9.17) is 5.73 Å². The van der Waals surface area contributed by atoms with E-state index in [0.29, 0.717) is 9.26 Å². The van der Waals surface area contributed by atoms with Crippen molar-refractivity contribution in [3.8, 4) is 0 Å². The Labute approximate surface area is 112 Å². The van der Waals surface area contributed by atoms with Crippen LogP contribution in [0.4, 0.5) is 5.69 Å². The van der Waals surface area contributed by atoms with Crippen LogP contribution in [0.3, 0.4) is 0 Å². The Balaban J connectivity index is 3.63. The van der Waals surface area contributed by atoms with Gasteiger partial charge < -0.3 is 10.6 Å². The lowest BCUT2D eigenvalue weighted by molar-refractivity contribution is 0.100. The first-order valence-electron chi connectivity index (χ1n) is 4.15. The summed E-state index contributed by atoms with van der Waals surface area (Å²) in [7, 11) is 0.102. The SMILES string of the molecule is CN(C)c1c(S(C)(=O)=O)sc(C(N)=O)c1I. The van der Waals surface area contributed by atoms with Crippen molar-refractivity contribution in [3.63, 3.8) is 0 Å². The van der Waals surface area contributed by atoms with Gasteiger partial charge in [0.05, 0.1) is 9.26 Å². The number of primary amides is 1. The number of sulfone groups is 1. The molecule has 2 N–H and O–H groups in total. The second-order valence-corrected chi connectivity index (χ2v) is 7.72. The van der Waals surface area contributed by atoms with Crippen LogP contribution in [0.5, 0.6) is 0 Å². The van der Waals surface area contributed by atoms with Gasteiger partial charge in [0, 0.05) is 20.4 Å². The van der Waals surface area contributed by atoms with E-state index in [1.165, 1.54) is 0 Å². The Morgan fingerprint density at radius 3 is 2.19 bits per heavy atom. The van der Waals surface area contributed by atoms with Crippen LogP contribution >= 0.6 is 33.9 Å². The van der Waals surface area contributed by atoms with Crippen LogP contribution in [-0.2, 0) is 9.84 Å². The number of thiophene rings is 1. The van der Waals surface area contributed by atoms with Crippen molar-refractivity contribution in [2.75, 3.05) is 25.3 Å². The molecule has 0 aromatic carbocycles. The molecule has 1 aromatic rings. The maximum absolute atomic E-state index is 11.6. The molecule has 8 heteroatoms. The molecule has 90 valence electrons. The van der Waals surface area contributed by atoms with E-state index in [9.17, 15) is 13.2 Å². The van der Waals surface area contributed by atoms with Gasteiger partial charge in [-0.3, -0.25) is 4.79 Å². The molecule has 0 bridgehead atoms. The van der Waals surface area contributed by atoms with Crippen molar-refractivity contribution in [3.05, 3.63) is 8.45 Å². The van der Waals surface area contributed by atoms with E-state index < -0.39 is 15.7 Å². The second kappa shape index (κ2) is 4.49.